The number of anilines is 2. The molecule has 21 heavy (non-hydrogen) atoms. The topological polar surface area (TPSA) is 72.2 Å². The Bertz CT molecular complexity index is 787. The summed E-state index contributed by atoms with van der Waals surface area (Å²) in [5.41, 5.74) is 6.34. The van der Waals surface area contributed by atoms with Crippen LogP contribution in [0.3, 0.4) is 0 Å². The second kappa shape index (κ2) is 5.50. The second-order valence-electron chi connectivity index (χ2n) is 4.35. The van der Waals surface area contributed by atoms with Crippen molar-refractivity contribution in [2.45, 2.75) is 11.8 Å². The molecular weight excluding hydrogens is 322 g/mol. The largest absolute Gasteiger partial charge is 0.398 e. The maximum absolute atomic E-state index is 13.1. The molecule has 3 N–H and O–H groups in total. The molecule has 0 heterocycles. The molecule has 0 saturated heterocycles. The summed E-state index contributed by atoms with van der Waals surface area (Å²) in [5.74, 6) is -2.22. The number of nitrogens with two attached hydrogens (primary N) is 1. The smallest absolute Gasteiger partial charge is 0.262 e. The molecule has 2 aromatic rings. The predicted molar refractivity (Wildman–Crippen MR) is 77.8 cm³/mol. The van der Waals surface area contributed by atoms with Crippen LogP contribution in [0.25, 0.3) is 0 Å². The molecule has 0 bridgehead atoms. The number of hydrogen-bond acceptors (Lipinski definition) is 3. The molecule has 2 aromatic carbocycles. The van der Waals surface area contributed by atoms with E-state index in [0.717, 1.165) is 18.2 Å². The molecule has 0 fully saturated rings. The van der Waals surface area contributed by atoms with Crippen LogP contribution in [-0.2, 0) is 10.0 Å². The fourth-order valence-corrected chi connectivity index (χ4v) is 3.00. The zero-order valence-corrected chi connectivity index (χ0v) is 12.4. The van der Waals surface area contributed by atoms with Gasteiger partial charge in [-0.15, -0.1) is 0 Å². The van der Waals surface area contributed by atoms with Gasteiger partial charge in [0.2, 0.25) is 0 Å². The zero-order valence-electron chi connectivity index (χ0n) is 10.8. The van der Waals surface area contributed by atoms with Crippen molar-refractivity contribution < 1.29 is 17.2 Å². The average Bonchev–Trinajstić information content (AvgIpc) is 2.39. The van der Waals surface area contributed by atoms with E-state index in [0.29, 0.717) is 5.56 Å². The van der Waals surface area contributed by atoms with E-state index in [-0.39, 0.29) is 21.3 Å². The van der Waals surface area contributed by atoms with Crippen molar-refractivity contribution in [3.63, 3.8) is 0 Å². The Morgan fingerprint density at radius 3 is 2.38 bits per heavy atom. The highest BCUT2D eigenvalue weighted by molar-refractivity contribution is 7.92. The van der Waals surface area contributed by atoms with Gasteiger partial charge in [-0.1, -0.05) is 11.6 Å². The highest BCUT2D eigenvalue weighted by Crippen LogP contribution is 2.27. The van der Waals surface area contributed by atoms with E-state index in [4.69, 9.17) is 17.3 Å². The fraction of sp³-hybridized carbons (Fsp3) is 0.0769. The fourth-order valence-electron chi connectivity index (χ4n) is 1.60. The Morgan fingerprint density at radius 1 is 1.14 bits per heavy atom. The molecule has 0 amide bonds. The minimum Gasteiger partial charge on any atom is -0.398 e. The number of sulfonamides is 1. The SMILES string of the molecule is Cc1c(N)cc(S(=O)(=O)Nc2ccc(F)c(F)c2)cc1Cl. The summed E-state index contributed by atoms with van der Waals surface area (Å²) in [7, 11) is -4.01. The third-order valence-electron chi connectivity index (χ3n) is 2.84. The maximum atomic E-state index is 13.1. The number of nitrogens with one attached hydrogen (secondary N) is 1. The van der Waals surface area contributed by atoms with Crippen LogP contribution < -0.4 is 10.5 Å². The number of hydrogen-bond donors (Lipinski definition) is 2. The average molecular weight is 333 g/mol. The lowest BCUT2D eigenvalue weighted by molar-refractivity contribution is 0.509. The summed E-state index contributed by atoms with van der Waals surface area (Å²) in [6, 6.07) is 5.14. The lowest BCUT2D eigenvalue weighted by atomic mass is 10.2. The summed E-state index contributed by atoms with van der Waals surface area (Å²) in [5, 5.41) is 0.195. The van der Waals surface area contributed by atoms with Gasteiger partial charge in [0.15, 0.2) is 11.6 Å². The third-order valence-corrected chi connectivity index (χ3v) is 4.59. The van der Waals surface area contributed by atoms with Crippen molar-refractivity contribution in [3.05, 3.63) is 52.6 Å². The Labute approximate surface area is 125 Å². The van der Waals surface area contributed by atoms with Crippen LogP contribution in [0.5, 0.6) is 0 Å². The monoisotopic (exact) mass is 332 g/mol. The number of rotatable bonds is 3. The van der Waals surface area contributed by atoms with Crippen LogP contribution in [0.1, 0.15) is 5.56 Å². The summed E-state index contributed by atoms with van der Waals surface area (Å²) < 4.78 is 52.4. The normalized spacial score (nSPS) is 11.4. The lowest BCUT2D eigenvalue weighted by Gasteiger charge is -2.11. The van der Waals surface area contributed by atoms with Gasteiger partial charge in [-0.25, -0.2) is 17.2 Å². The van der Waals surface area contributed by atoms with Gasteiger partial charge in [-0.2, -0.15) is 0 Å². The summed E-state index contributed by atoms with van der Waals surface area (Å²) in [6.45, 7) is 1.65. The van der Waals surface area contributed by atoms with Crippen LogP contribution in [0, 0.1) is 18.6 Å². The molecule has 0 aliphatic rings. The molecule has 0 aliphatic carbocycles. The van der Waals surface area contributed by atoms with E-state index in [9.17, 15) is 17.2 Å². The van der Waals surface area contributed by atoms with Crippen molar-refractivity contribution in [2.75, 3.05) is 10.5 Å². The molecule has 112 valence electrons. The number of nitrogen functional groups attached to an aromatic ring is 1. The van der Waals surface area contributed by atoms with Crippen molar-refractivity contribution in [1.82, 2.24) is 0 Å². The molecule has 0 aliphatic heterocycles. The molecule has 0 spiro atoms. The van der Waals surface area contributed by atoms with E-state index in [2.05, 4.69) is 4.72 Å². The van der Waals surface area contributed by atoms with E-state index in [1.54, 1.807) is 6.92 Å². The summed E-state index contributed by atoms with van der Waals surface area (Å²) in [6.07, 6.45) is 0. The second-order valence-corrected chi connectivity index (χ2v) is 6.44. The van der Waals surface area contributed by atoms with Crippen LogP contribution in [0.2, 0.25) is 5.02 Å². The maximum Gasteiger partial charge on any atom is 0.262 e. The summed E-state index contributed by atoms with van der Waals surface area (Å²) in [4.78, 5) is -0.166. The molecule has 0 radical (unpaired) electrons. The molecular formula is C13H11ClF2N2O2S. The molecule has 0 aromatic heterocycles. The molecule has 0 saturated carbocycles. The van der Waals surface area contributed by atoms with Gasteiger partial charge >= 0.3 is 0 Å². The molecule has 4 nitrogen and oxygen atoms in total. The van der Waals surface area contributed by atoms with Crippen LogP contribution in [0.15, 0.2) is 35.2 Å². The van der Waals surface area contributed by atoms with E-state index in [1.165, 1.54) is 12.1 Å². The highest BCUT2D eigenvalue weighted by atomic mass is 35.5. The van der Waals surface area contributed by atoms with Crippen LogP contribution in [-0.4, -0.2) is 8.42 Å². The predicted octanol–water partition coefficient (Wildman–Crippen LogP) is 3.31. The van der Waals surface area contributed by atoms with Crippen molar-refractivity contribution in [3.8, 4) is 0 Å². The van der Waals surface area contributed by atoms with Crippen LogP contribution in [0.4, 0.5) is 20.2 Å². The molecule has 2 rings (SSSR count). The quantitative estimate of drug-likeness (QED) is 0.847. The van der Waals surface area contributed by atoms with Gasteiger partial charge in [-0.3, -0.25) is 4.72 Å². The first-order valence-corrected chi connectivity index (χ1v) is 7.60. The van der Waals surface area contributed by atoms with E-state index in [1.807, 2.05) is 0 Å². The number of halogens is 3. The Morgan fingerprint density at radius 2 is 1.81 bits per heavy atom. The minimum atomic E-state index is -4.01. The van der Waals surface area contributed by atoms with Gasteiger partial charge in [0.1, 0.15) is 0 Å². The van der Waals surface area contributed by atoms with E-state index >= 15 is 0 Å². The molecule has 0 unspecified atom stereocenters. The van der Waals surface area contributed by atoms with E-state index < -0.39 is 21.7 Å². The Kier molecular flexibility index (Phi) is 4.06. The van der Waals surface area contributed by atoms with Crippen molar-refractivity contribution >= 4 is 33.0 Å². The first kappa shape index (κ1) is 15.5. The van der Waals surface area contributed by atoms with Gasteiger partial charge in [0.05, 0.1) is 10.6 Å². The minimum absolute atomic E-state index is 0.107. The molecule has 0 atom stereocenters. The van der Waals surface area contributed by atoms with Gasteiger partial charge < -0.3 is 5.73 Å². The Balaban J connectivity index is 2.40. The van der Waals surface area contributed by atoms with Gasteiger partial charge in [-0.05, 0) is 36.8 Å². The standard InChI is InChI=1S/C13H11ClF2N2O2S/c1-7-10(14)5-9(6-13(7)17)21(19,20)18-8-2-3-11(15)12(16)4-8/h2-6,18H,17H2,1H3. The van der Waals surface area contributed by atoms with Crippen LogP contribution >= 0.6 is 11.6 Å². The summed E-state index contributed by atoms with van der Waals surface area (Å²) >= 11 is 5.89. The Hall–Kier alpha value is -1.86. The molecule has 8 heteroatoms. The lowest BCUT2D eigenvalue weighted by Crippen LogP contribution is -2.14. The zero-order chi connectivity index (χ0) is 15.8. The van der Waals surface area contributed by atoms with Gasteiger partial charge in [0, 0.05) is 16.8 Å². The van der Waals surface area contributed by atoms with Crippen molar-refractivity contribution in [1.29, 1.82) is 0 Å². The number of benzene rings is 2. The van der Waals surface area contributed by atoms with Crippen molar-refractivity contribution in [2.24, 2.45) is 0 Å². The van der Waals surface area contributed by atoms with Gasteiger partial charge in [0.25, 0.3) is 10.0 Å². The highest BCUT2D eigenvalue weighted by Gasteiger charge is 2.17. The first-order valence-electron chi connectivity index (χ1n) is 5.74. The third kappa shape index (κ3) is 3.25. The first-order chi connectivity index (χ1) is 9.70.